The molecule has 0 radical (unpaired) electrons. The number of hydrogen-bond acceptors (Lipinski definition) is 3. The van der Waals surface area contributed by atoms with E-state index in [0.29, 0.717) is 12.8 Å². The van der Waals surface area contributed by atoms with Crippen molar-refractivity contribution < 1.29 is 13.2 Å². The summed E-state index contributed by atoms with van der Waals surface area (Å²) in [5.74, 6) is -0.340. The molecule has 18 heavy (non-hydrogen) atoms. The molecule has 0 aromatic heterocycles. The summed E-state index contributed by atoms with van der Waals surface area (Å²) in [6, 6.07) is 9.56. The number of aryl methyl sites for hydroxylation is 1. The van der Waals surface area contributed by atoms with Gasteiger partial charge in [0, 0.05) is 13.5 Å². The number of amides is 1. The normalized spacial score (nSPS) is 11.2. The highest BCUT2D eigenvalue weighted by Crippen LogP contribution is 2.07. The first-order chi connectivity index (χ1) is 8.47. The summed E-state index contributed by atoms with van der Waals surface area (Å²) < 4.78 is 24.3. The second kappa shape index (κ2) is 6.54. The number of nitrogens with zero attached hydrogens (tertiary/aromatic N) is 1. The number of rotatable bonds is 6. The van der Waals surface area contributed by atoms with E-state index in [-0.39, 0.29) is 18.1 Å². The van der Waals surface area contributed by atoms with Gasteiger partial charge >= 0.3 is 0 Å². The van der Waals surface area contributed by atoms with Crippen LogP contribution in [0.2, 0.25) is 0 Å². The van der Waals surface area contributed by atoms with Crippen molar-refractivity contribution in [2.45, 2.75) is 26.2 Å². The number of carbonyl (C=O) groups excluding carboxylic acids is 1. The minimum absolute atomic E-state index is 0.0145. The molecule has 0 heterocycles. The molecular weight excluding hydrogens is 250 g/mol. The summed E-state index contributed by atoms with van der Waals surface area (Å²) in [5.41, 5.74) is 1.03. The van der Waals surface area contributed by atoms with Crippen LogP contribution in [0, 0.1) is 0 Å². The molecule has 0 saturated heterocycles. The van der Waals surface area contributed by atoms with Crippen LogP contribution in [-0.2, 0) is 21.2 Å². The molecule has 100 valence electrons. The fourth-order valence-electron chi connectivity index (χ4n) is 1.60. The molecule has 0 aliphatic rings. The summed E-state index contributed by atoms with van der Waals surface area (Å²) in [4.78, 5) is 11.8. The van der Waals surface area contributed by atoms with Crippen LogP contribution in [0.4, 0.5) is 0 Å². The molecule has 1 rings (SSSR count). The maximum absolute atomic E-state index is 11.8. The molecule has 0 aliphatic heterocycles. The van der Waals surface area contributed by atoms with Gasteiger partial charge in [-0.3, -0.25) is 4.79 Å². The quantitative estimate of drug-likeness (QED) is 0.791. The highest BCUT2D eigenvalue weighted by Gasteiger charge is 2.21. The van der Waals surface area contributed by atoms with Crippen LogP contribution in [0.15, 0.2) is 30.3 Å². The lowest BCUT2D eigenvalue weighted by atomic mass is 10.1. The molecule has 0 unspecified atom stereocenters. The lowest BCUT2D eigenvalue weighted by molar-refractivity contribution is -0.125. The second-order valence-corrected chi connectivity index (χ2v) is 6.28. The molecule has 1 aromatic rings. The SMILES string of the molecule is CCCS(=O)(=O)N(C)C(=O)CCc1ccccc1. The first-order valence-corrected chi connectivity index (χ1v) is 7.61. The third-order valence-electron chi connectivity index (χ3n) is 2.70. The Bertz CT molecular complexity index is 482. The van der Waals surface area contributed by atoms with E-state index in [1.165, 1.54) is 7.05 Å². The van der Waals surface area contributed by atoms with Crippen molar-refractivity contribution in [3.63, 3.8) is 0 Å². The van der Waals surface area contributed by atoms with Crippen molar-refractivity contribution in [3.05, 3.63) is 35.9 Å². The van der Waals surface area contributed by atoms with Gasteiger partial charge in [0.15, 0.2) is 0 Å². The third-order valence-corrected chi connectivity index (χ3v) is 4.66. The zero-order valence-corrected chi connectivity index (χ0v) is 11.6. The molecule has 0 saturated carbocycles. The van der Waals surface area contributed by atoms with Gasteiger partial charge in [-0.1, -0.05) is 37.3 Å². The van der Waals surface area contributed by atoms with Crippen LogP contribution in [0.25, 0.3) is 0 Å². The maximum atomic E-state index is 11.8. The zero-order valence-electron chi connectivity index (χ0n) is 10.8. The highest BCUT2D eigenvalue weighted by molar-refractivity contribution is 7.89. The van der Waals surface area contributed by atoms with Gasteiger partial charge in [0.2, 0.25) is 15.9 Å². The predicted molar refractivity (Wildman–Crippen MR) is 71.6 cm³/mol. The van der Waals surface area contributed by atoms with E-state index in [2.05, 4.69) is 0 Å². The van der Waals surface area contributed by atoms with Crippen molar-refractivity contribution in [3.8, 4) is 0 Å². The van der Waals surface area contributed by atoms with Crippen LogP contribution in [0.5, 0.6) is 0 Å². The molecule has 0 bridgehead atoms. The topological polar surface area (TPSA) is 54.5 Å². The van der Waals surface area contributed by atoms with E-state index < -0.39 is 10.0 Å². The van der Waals surface area contributed by atoms with E-state index >= 15 is 0 Å². The van der Waals surface area contributed by atoms with Gasteiger partial charge in [0.25, 0.3) is 0 Å². The van der Waals surface area contributed by atoms with Gasteiger partial charge in [-0.15, -0.1) is 0 Å². The van der Waals surface area contributed by atoms with E-state index in [4.69, 9.17) is 0 Å². The Labute approximate surface area is 109 Å². The van der Waals surface area contributed by atoms with E-state index in [1.807, 2.05) is 30.3 Å². The standard InChI is InChI=1S/C13H19NO3S/c1-3-11-18(16,17)14(2)13(15)10-9-12-7-5-4-6-8-12/h4-8H,3,9-11H2,1-2H3. The lowest BCUT2D eigenvalue weighted by Gasteiger charge is -2.16. The molecule has 0 N–H and O–H groups in total. The Kier molecular flexibility index (Phi) is 5.34. The largest absolute Gasteiger partial charge is 0.274 e. The van der Waals surface area contributed by atoms with Gasteiger partial charge in [0.05, 0.1) is 5.75 Å². The Morgan fingerprint density at radius 3 is 2.39 bits per heavy atom. The number of carbonyl (C=O) groups is 1. The lowest BCUT2D eigenvalue weighted by Crippen LogP contribution is -2.34. The van der Waals surface area contributed by atoms with Crippen molar-refractivity contribution in [2.24, 2.45) is 0 Å². The fraction of sp³-hybridized carbons (Fsp3) is 0.462. The van der Waals surface area contributed by atoms with Crippen LogP contribution >= 0.6 is 0 Å². The van der Waals surface area contributed by atoms with Crippen molar-refractivity contribution in [1.29, 1.82) is 0 Å². The number of benzene rings is 1. The van der Waals surface area contributed by atoms with Crippen LogP contribution in [-0.4, -0.2) is 31.4 Å². The van der Waals surface area contributed by atoms with Crippen molar-refractivity contribution in [2.75, 3.05) is 12.8 Å². The predicted octanol–water partition coefficient (Wildman–Crippen LogP) is 1.82. The zero-order chi connectivity index (χ0) is 13.6. The van der Waals surface area contributed by atoms with Crippen molar-refractivity contribution >= 4 is 15.9 Å². The highest BCUT2D eigenvalue weighted by atomic mass is 32.2. The monoisotopic (exact) mass is 269 g/mol. The van der Waals surface area contributed by atoms with Crippen LogP contribution < -0.4 is 0 Å². The first kappa shape index (κ1) is 14.7. The second-order valence-electron chi connectivity index (χ2n) is 4.16. The van der Waals surface area contributed by atoms with E-state index in [0.717, 1.165) is 9.87 Å². The molecule has 0 fully saturated rings. The van der Waals surface area contributed by atoms with Crippen LogP contribution in [0.1, 0.15) is 25.3 Å². The van der Waals surface area contributed by atoms with Gasteiger partial charge in [-0.2, -0.15) is 0 Å². The fourth-order valence-corrected chi connectivity index (χ4v) is 2.79. The average Bonchev–Trinajstić information content (AvgIpc) is 2.36. The molecule has 0 spiro atoms. The minimum atomic E-state index is -3.43. The summed E-state index contributed by atoms with van der Waals surface area (Å²) in [6.07, 6.45) is 1.29. The van der Waals surface area contributed by atoms with Gasteiger partial charge in [-0.05, 0) is 18.4 Å². The Morgan fingerprint density at radius 2 is 1.83 bits per heavy atom. The van der Waals surface area contributed by atoms with Crippen molar-refractivity contribution in [1.82, 2.24) is 4.31 Å². The molecule has 1 aromatic carbocycles. The third kappa shape index (κ3) is 4.14. The molecule has 4 nitrogen and oxygen atoms in total. The summed E-state index contributed by atoms with van der Waals surface area (Å²) in [7, 11) is -2.10. The van der Waals surface area contributed by atoms with E-state index in [1.54, 1.807) is 6.92 Å². The molecule has 5 heteroatoms. The Balaban J connectivity index is 2.56. The first-order valence-electron chi connectivity index (χ1n) is 6.00. The summed E-state index contributed by atoms with van der Waals surface area (Å²) >= 11 is 0. The smallest absolute Gasteiger partial charge is 0.237 e. The summed E-state index contributed by atoms with van der Waals surface area (Å²) in [6.45, 7) is 1.78. The van der Waals surface area contributed by atoms with Crippen LogP contribution in [0.3, 0.4) is 0 Å². The van der Waals surface area contributed by atoms with Gasteiger partial charge in [0.1, 0.15) is 0 Å². The molecule has 1 amide bonds. The maximum Gasteiger partial charge on any atom is 0.237 e. The van der Waals surface area contributed by atoms with Gasteiger partial charge in [-0.25, -0.2) is 12.7 Å². The minimum Gasteiger partial charge on any atom is -0.274 e. The van der Waals surface area contributed by atoms with E-state index in [9.17, 15) is 13.2 Å². The Morgan fingerprint density at radius 1 is 1.22 bits per heavy atom. The summed E-state index contributed by atoms with van der Waals surface area (Å²) in [5, 5.41) is 0. The molecule has 0 aliphatic carbocycles. The Hall–Kier alpha value is -1.36. The number of hydrogen-bond donors (Lipinski definition) is 0. The molecule has 0 atom stereocenters. The molecular formula is C13H19NO3S. The number of sulfonamides is 1. The average molecular weight is 269 g/mol. The van der Waals surface area contributed by atoms with Gasteiger partial charge < -0.3 is 0 Å².